The minimum absolute atomic E-state index is 0.0347. The number of carbonyl (C=O) groups excluding carboxylic acids is 1. The van der Waals surface area contributed by atoms with Gasteiger partial charge in [-0.05, 0) is 45.9 Å². The topological polar surface area (TPSA) is 84.6 Å². The van der Waals surface area contributed by atoms with Crippen LogP contribution in [-0.2, 0) is 4.74 Å². The second-order valence-electron chi connectivity index (χ2n) is 7.45. The van der Waals surface area contributed by atoms with Crippen molar-refractivity contribution in [2.75, 3.05) is 30.3 Å². The number of hydrogen-bond acceptors (Lipinski definition) is 6. The van der Waals surface area contributed by atoms with Crippen LogP contribution in [0.2, 0.25) is 0 Å². The number of rotatable bonds is 1. The number of piperazine rings is 1. The molecule has 25 heavy (non-hydrogen) atoms. The minimum atomic E-state index is -0.487. The number of ether oxygens (including phenoxy) is 1. The summed E-state index contributed by atoms with van der Waals surface area (Å²) in [6.07, 6.45) is 1.50. The molecule has 2 heterocycles. The van der Waals surface area contributed by atoms with Gasteiger partial charge < -0.3 is 20.3 Å². The van der Waals surface area contributed by atoms with Gasteiger partial charge in [0, 0.05) is 31.4 Å². The maximum atomic E-state index is 12.3. The van der Waals surface area contributed by atoms with Crippen molar-refractivity contribution in [3.8, 4) is 0 Å². The van der Waals surface area contributed by atoms with E-state index < -0.39 is 5.60 Å². The van der Waals surface area contributed by atoms with Crippen molar-refractivity contribution in [2.24, 2.45) is 0 Å². The summed E-state index contributed by atoms with van der Waals surface area (Å²) < 4.78 is 5.49. The quantitative estimate of drug-likeness (QED) is 0.801. The number of nitrogens with two attached hydrogens (primary N) is 1. The van der Waals surface area contributed by atoms with Gasteiger partial charge >= 0.3 is 6.09 Å². The minimum Gasteiger partial charge on any atom is -0.444 e. The van der Waals surface area contributed by atoms with E-state index in [0.29, 0.717) is 25.3 Å². The average molecular weight is 343 g/mol. The molecule has 134 valence electrons. The van der Waals surface area contributed by atoms with Gasteiger partial charge in [0.2, 0.25) is 0 Å². The first kappa shape index (κ1) is 17.3. The fraction of sp³-hybridized carbons (Fsp3) is 0.500. The zero-order valence-corrected chi connectivity index (χ0v) is 15.2. The second kappa shape index (κ2) is 6.38. The molecular weight excluding hydrogens is 318 g/mol. The maximum Gasteiger partial charge on any atom is 0.410 e. The van der Waals surface area contributed by atoms with Crippen molar-refractivity contribution in [2.45, 2.75) is 39.3 Å². The summed E-state index contributed by atoms with van der Waals surface area (Å²) in [5, 5.41) is 0. The van der Waals surface area contributed by atoms with Gasteiger partial charge in [-0.2, -0.15) is 0 Å². The van der Waals surface area contributed by atoms with E-state index in [4.69, 9.17) is 10.5 Å². The van der Waals surface area contributed by atoms with Gasteiger partial charge in [0.15, 0.2) is 0 Å². The van der Waals surface area contributed by atoms with Crippen LogP contribution in [0, 0.1) is 0 Å². The van der Waals surface area contributed by atoms with Crippen molar-refractivity contribution in [1.82, 2.24) is 14.9 Å². The highest BCUT2D eigenvalue weighted by Crippen LogP contribution is 2.21. The fourth-order valence-corrected chi connectivity index (χ4v) is 2.93. The molecule has 2 aromatic rings. The molecule has 7 heteroatoms. The number of amides is 1. The molecule has 1 aromatic carbocycles. The number of hydrogen-bond donors (Lipinski definition) is 1. The Morgan fingerprint density at radius 2 is 2.04 bits per heavy atom. The number of aromatic nitrogens is 2. The molecule has 1 amide bonds. The highest BCUT2D eigenvalue weighted by atomic mass is 16.6. The predicted molar refractivity (Wildman–Crippen MR) is 98.6 cm³/mol. The highest BCUT2D eigenvalue weighted by Gasteiger charge is 2.31. The summed E-state index contributed by atoms with van der Waals surface area (Å²) in [5.41, 5.74) is 7.57. The second-order valence-corrected chi connectivity index (χ2v) is 7.45. The van der Waals surface area contributed by atoms with Gasteiger partial charge in [-0.25, -0.2) is 9.78 Å². The van der Waals surface area contributed by atoms with Crippen molar-refractivity contribution in [1.29, 1.82) is 0 Å². The molecule has 7 nitrogen and oxygen atoms in total. The lowest BCUT2D eigenvalue weighted by Crippen LogP contribution is -2.55. The molecule has 3 rings (SSSR count). The third-order valence-electron chi connectivity index (χ3n) is 4.13. The number of nitrogens with zero attached hydrogens (tertiary/aromatic N) is 4. The zero-order valence-electron chi connectivity index (χ0n) is 15.2. The summed E-state index contributed by atoms with van der Waals surface area (Å²) in [4.78, 5) is 25.4. The van der Waals surface area contributed by atoms with E-state index in [2.05, 4.69) is 14.9 Å². The van der Waals surface area contributed by atoms with E-state index in [-0.39, 0.29) is 12.1 Å². The number of nitrogen functional groups attached to an aromatic ring is 1. The van der Waals surface area contributed by atoms with E-state index in [0.717, 1.165) is 16.9 Å². The van der Waals surface area contributed by atoms with Crippen molar-refractivity contribution < 1.29 is 9.53 Å². The third-order valence-corrected chi connectivity index (χ3v) is 4.13. The van der Waals surface area contributed by atoms with Gasteiger partial charge in [-0.15, -0.1) is 0 Å². The van der Waals surface area contributed by atoms with E-state index >= 15 is 0 Å². The first-order valence-corrected chi connectivity index (χ1v) is 8.50. The molecule has 0 spiro atoms. The monoisotopic (exact) mass is 343 g/mol. The van der Waals surface area contributed by atoms with Gasteiger partial charge in [-0.1, -0.05) is 0 Å². The zero-order chi connectivity index (χ0) is 18.2. The van der Waals surface area contributed by atoms with Crippen LogP contribution in [0.1, 0.15) is 27.7 Å². The standard InChI is InChI=1S/C18H25N5O2/c1-12-11-22(7-8-23(12)17(24)25-18(2,3)4)16-10-20-15-9-13(19)5-6-14(15)21-16/h5-6,9-10,12H,7-8,11,19H2,1-4H3. The van der Waals surface area contributed by atoms with E-state index in [1.165, 1.54) is 0 Å². The third kappa shape index (κ3) is 3.92. The van der Waals surface area contributed by atoms with Gasteiger partial charge in [0.25, 0.3) is 0 Å². The molecule has 1 aliphatic heterocycles. The van der Waals surface area contributed by atoms with E-state index in [9.17, 15) is 4.79 Å². The highest BCUT2D eigenvalue weighted by molar-refractivity contribution is 5.79. The molecule has 1 saturated heterocycles. The van der Waals surface area contributed by atoms with E-state index in [1.807, 2.05) is 45.9 Å². The largest absolute Gasteiger partial charge is 0.444 e. The fourth-order valence-electron chi connectivity index (χ4n) is 2.93. The Morgan fingerprint density at radius 1 is 1.28 bits per heavy atom. The van der Waals surface area contributed by atoms with Gasteiger partial charge in [0.1, 0.15) is 11.4 Å². The Balaban J connectivity index is 1.72. The first-order valence-electron chi connectivity index (χ1n) is 8.50. The first-order chi connectivity index (χ1) is 11.7. The molecule has 0 bridgehead atoms. The SMILES string of the molecule is CC1CN(c2cnc3cc(N)ccc3n2)CCN1C(=O)OC(C)(C)C. The van der Waals surface area contributed by atoms with Crippen molar-refractivity contribution in [3.63, 3.8) is 0 Å². The van der Waals surface area contributed by atoms with Crippen LogP contribution in [0.3, 0.4) is 0 Å². The van der Waals surface area contributed by atoms with Gasteiger partial charge in [-0.3, -0.25) is 4.98 Å². The van der Waals surface area contributed by atoms with Crippen LogP contribution in [0.25, 0.3) is 11.0 Å². The van der Waals surface area contributed by atoms with Crippen LogP contribution in [0.15, 0.2) is 24.4 Å². The normalized spacial score (nSPS) is 18.5. The molecule has 1 atom stereocenters. The Bertz CT molecular complexity index is 787. The summed E-state index contributed by atoms with van der Waals surface area (Å²) in [5.74, 6) is 0.813. The lowest BCUT2D eigenvalue weighted by Gasteiger charge is -2.40. The van der Waals surface area contributed by atoms with Crippen LogP contribution < -0.4 is 10.6 Å². The molecule has 2 N–H and O–H groups in total. The Labute approximate surface area is 147 Å². The Hall–Kier alpha value is -2.57. The predicted octanol–water partition coefficient (Wildman–Crippen LogP) is 2.66. The number of benzene rings is 1. The molecule has 0 aliphatic carbocycles. The van der Waals surface area contributed by atoms with Crippen molar-refractivity contribution >= 4 is 28.6 Å². The molecule has 1 aliphatic rings. The van der Waals surface area contributed by atoms with Crippen LogP contribution in [0.5, 0.6) is 0 Å². The molecule has 1 unspecified atom stereocenters. The molecular formula is C18H25N5O2. The lowest BCUT2D eigenvalue weighted by atomic mass is 10.2. The molecule has 1 aromatic heterocycles. The van der Waals surface area contributed by atoms with Gasteiger partial charge in [0.05, 0.1) is 17.2 Å². The van der Waals surface area contributed by atoms with E-state index in [1.54, 1.807) is 11.1 Å². The Kier molecular flexibility index (Phi) is 4.41. The van der Waals surface area contributed by atoms with Crippen molar-refractivity contribution in [3.05, 3.63) is 24.4 Å². The maximum absolute atomic E-state index is 12.3. The Morgan fingerprint density at radius 3 is 2.72 bits per heavy atom. The molecule has 0 saturated carbocycles. The number of carbonyl (C=O) groups is 1. The number of fused-ring (bicyclic) bond motifs is 1. The summed E-state index contributed by atoms with van der Waals surface area (Å²) in [6, 6.07) is 5.55. The number of anilines is 2. The lowest BCUT2D eigenvalue weighted by molar-refractivity contribution is 0.0158. The van der Waals surface area contributed by atoms with Crippen LogP contribution >= 0.6 is 0 Å². The summed E-state index contributed by atoms with van der Waals surface area (Å²) in [6.45, 7) is 9.63. The van der Waals surface area contributed by atoms with Crippen LogP contribution in [0.4, 0.5) is 16.3 Å². The summed E-state index contributed by atoms with van der Waals surface area (Å²) >= 11 is 0. The molecule has 1 fully saturated rings. The summed E-state index contributed by atoms with van der Waals surface area (Å²) in [7, 11) is 0. The average Bonchev–Trinajstić information content (AvgIpc) is 2.52. The smallest absolute Gasteiger partial charge is 0.410 e. The van der Waals surface area contributed by atoms with Crippen LogP contribution in [-0.4, -0.2) is 52.2 Å². The molecule has 0 radical (unpaired) electrons.